The van der Waals surface area contributed by atoms with Crippen LogP contribution in [0.2, 0.25) is 0 Å². The van der Waals surface area contributed by atoms with Crippen molar-refractivity contribution in [1.82, 2.24) is 15.6 Å². The van der Waals surface area contributed by atoms with E-state index in [9.17, 15) is 9.59 Å². The lowest BCUT2D eigenvalue weighted by Gasteiger charge is -2.18. The van der Waals surface area contributed by atoms with Crippen molar-refractivity contribution < 1.29 is 14.3 Å². The smallest absolute Gasteiger partial charge is 0.315 e. The highest BCUT2D eigenvalue weighted by atomic mass is 16.5. The minimum Gasteiger partial charge on any atom is -0.466 e. The molecule has 0 aliphatic rings. The van der Waals surface area contributed by atoms with E-state index in [4.69, 9.17) is 15.9 Å². The van der Waals surface area contributed by atoms with Crippen LogP contribution in [0.5, 0.6) is 0 Å². The molecule has 2 amide bonds. The Labute approximate surface area is 176 Å². The molecule has 8 heteroatoms. The summed E-state index contributed by atoms with van der Waals surface area (Å²) in [7, 11) is 0. The first kappa shape index (κ1) is 22.9. The molecule has 0 aliphatic heterocycles. The Morgan fingerprint density at radius 1 is 1.20 bits per heavy atom. The zero-order valence-electron chi connectivity index (χ0n) is 17.2. The number of ether oxygens (including phenoxy) is 1. The molecule has 0 bridgehead atoms. The summed E-state index contributed by atoms with van der Waals surface area (Å²) in [5.74, 6) is -0.313. The van der Waals surface area contributed by atoms with E-state index in [0.717, 1.165) is 30.4 Å². The lowest BCUT2D eigenvalue weighted by atomic mass is 10.1. The van der Waals surface area contributed by atoms with Crippen molar-refractivity contribution in [2.24, 2.45) is 5.73 Å². The molecule has 0 spiro atoms. The monoisotopic (exact) mass is 411 g/mol. The average molecular weight is 412 g/mol. The first-order valence-corrected chi connectivity index (χ1v) is 10.0. The number of unbranched alkanes of at least 4 members (excludes halogenated alkanes) is 1. The quantitative estimate of drug-likeness (QED) is 0.195. The molecule has 1 heterocycles. The second kappa shape index (κ2) is 12.2. The van der Waals surface area contributed by atoms with Crippen LogP contribution in [0, 0.1) is 5.41 Å². The van der Waals surface area contributed by atoms with Gasteiger partial charge in [-0.15, -0.1) is 0 Å². The summed E-state index contributed by atoms with van der Waals surface area (Å²) in [6.07, 6.45) is 5.91. The van der Waals surface area contributed by atoms with Crippen molar-refractivity contribution in [3.63, 3.8) is 0 Å². The van der Waals surface area contributed by atoms with Gasteiger partial charge in [0.15, 0.2) is 0 Å². The van der Waals surface area contributed by atoms with E-state index in [0.29, 0.717) is 18.7 Å². The number of nitrogens with zero attached hydrogens (tertiary/aromatic N) is 1. The van der Waals surface area contributed by atoms with Gasteiger partial charge in [0.1, 0.15) is 5.84 Å². The second-order valence-corrected chi connectivity index (χ2v) is 6.82. The number of esters is 1. The second-order valence-electron chi connectivity index (χ2n) is 6.82. The maximum Gasteiger partial charge on any atom is 0.315 e. The first-order valence-electron chi connectivity index (χ1n) is 10.0. The lowest BCUT2D eigenvalue weighted by Crippen LogP contribution is -2.39. The van der Waals surface area contributed by atoms with E-state index in [2.05, 4.69) is 15.6 Å². The van der Waals surface area contributed by atoms with Gasteiger partial charge in [-0.3, -0.25) is 15.2 Å². The van der Waals surface area contributed by atoms with Gasteiger partial charge in [-0.1, -0.05) is 30.3 Å². The number of amides is 2. The fourth-order valence-electron chi connectivity index (χ4n) is 2.94. The minimum absolute atomic E-state index is 0.0449. The molecule has 0 saturated heterocycles. The fraction of sp³-hybridized carbons (Fsp3) is 0.364. The zero-order valence-corrected chi connectivity index (χ0v) is 17.2. The summed E-state index contributed by atoms with van der Waals surface area (Å²) in [5.41, 5.74) is 8.07. The Morgan fingerprint density at radius 3 is 2.60 bits per heavy atom. The number of amidine groups is 1. The average Bonchev–Trinajstić information content (AvgIpc) is 2.74. The summed E-state index contributed by atoms with van der Waals surface area (Å²) >= 11 is 0. The molecule has 1 aromatic heterocycles. The van der Waals surface area contributed by atoms with Crippen molar-refractivity contribution in [3.05, 3.63) is 65.5 Å². The summed E-state index contributed by atoms with van der Waals surface area (Å²) in [6.45, 7) is 2.56. The largest absolute Gasteiger partial charge is 0.466 e. The molecular weight excluding hydrogens is 382 g/mol. The molecule has 30 heavy (non-hydrogen) atoms. The minimum atomic E-state index is -0.502. The molecule has 2 aromatic rings. The Balaban J connectivity index is 1.75. The summed E-state index contributed by atoms with van der Waals surface area (Å²) in [6, 6.07) is 10.3. The van der Waals surface area contributed by atoms with Gasteiger partial charge in [-0.2, -0.15) is 0 Å². The Hall–Kier alpha value is -3.42. The van der Waals surface area contributed by atoms with Crippen molar-refractivity contribution in [2.75, 3.05) is 13.2 Å². The van der Waals surface area contributed by atoms with Crippen LogP contribution in [-0.4, -0.2) is 36.0 Å². The van der Waals surface area contributed by atoms with Crippen molar-refractivity contribution in [2.45, 2.75) is 38.6 Å². The number of aromatic nitrogens is 1. The van der Waals surface area contributed by atoms with Gasteiger partial charge in [-0.25, -0.2) is 4.79 Å². The van der Waals surface area contributed by atoms with Crippen LogP contribution in [0.25, 0.3) is 0 Å². The number of nitrogens with one attached hydrogen (secondary N) is 3. The van der Waals surface area contributed by atoms with Gasteiger partial charge < -0.3 is 21.1 Å². The van der Waals surface area contributed by atoms with Gasteiger partial charge in [0.05, 0.1) is 19.1 Å². The first-order chi connectivity index (χ1) is 14.5. The third-order valence-electron chi connectivity index (χ3n) is 4.51. The SMILES string of the molecule is CCOC(=O)CC(NC(=O)NCCCCc1ccc(C(=N)N)cc1)c1cccnc1. The van der Waals surface area contributed by atoms with E-state index in [1.807, 2.05) is 30.3 Å². The van der Waals surface area contributed by atoms with Gasteiger partial charge in [-0.05, 0) is 43.4 Å². The van der Waals surface area contributed by atoms with Crippen molar-refractivity contribution in [3.8, 4) is 0 Å². The zero-order chi connectivity index (χ0) is 21.8. The number of hydrogen-bond acceptors (Lipinski definition) is 5. The lowest BCUT2D eigenvalue weighted by molar-refractivity contribution is -0.143. The third-order valence-corrected chi connectivity index (χ3v) is 4.51. The van der Waals surface area contributed by atoms with Gasteiger partial charge in [0, 0.05) is 24.5 Å². The normalized spacial score (nSPS) is 11.4. The highest BCUT2D eigenvalue weighted by Crippen LogP contribution is 2.16. The van der Waals surface area contributed by atoms with E-state index in [1.165, 1.54) is 0 Å². The van der Waals surface area contributed by atoms with Crippen LogP contribution in [0.4, 0.5) is 4.79 Å². The van der Waals surface area contributed by atoms with Gasteiger partial charge in [0.2, 0.25) is 0 Å². The summed E-state index contributed by atoms with van der Waals surface area (Å²) < 4.78 is 5.00. The highest BCUT2D eigenvalue weighted by molar-refractivity contribution is 5.94. The predicted molar refractivity (Wildman–Crippen MR) is 115 cm³/mol. The van der Waals surface area contributed by atoms with Crippen LogP contribution in [0.15, 0.2) is 48.8 Å². The fourth-order valence-corrected chi connectivity index (χ4v) is 2.94. The van der Waals surface area contributed by atoms with Crippen LogP contribution in [0.1, 0.15) is 48.9 Å². The van der Waals surface area contributed by atoms with Crippen molar-refractivity contribution in [1.29, 1.82) is 5.41 Å². The number of rotatable bonds is 11. The van der Waals surface area contributed by atoms with Crippen LogP contribution < -0.4 is 16.4 Å². The Kier molecular flexibility index (Phi) is 9.30. The number of hydrogen-bond donors (Lipinski definition) is 4. The molecule has 1 atom stereocenters. The van der Waals surface area contributed by atoms with Gasteiger partial charge in [0.25, 0.3) is 0 Å². The number of carbonyl (C=O) groups is 2. The predicted octanol–water partition coefficient (Wildman–Crippen LogP) is 2.68. The molecule has 1 unspecified atom stereocenters. The van der Waals surface area contributed by atoms with Gasteiger partial charge >= 0.3 is 12.0 Å². The van der Waals surface area contributed by atoms with E-state index < -0.39 is 6.04 Å². The topological polar surface area (TPSA) is 130 Å². The maximum absolute atomic E-state index is 12.3. The standard InChI is InChI=1S/C22H29N5O3/c1-2-30-20(28)14-19(18-7-5-12-25-15-18)27-22(29)26-13-4-3-6-16-8-10-17(11-9-16)21(23)24/h5,7-12,15,19H,2-4,6,13-14H2,1H3,(H3,23,24)(H2,26,27,29). The Bertz CT molecular complexity index is 824. The number of benzene rings is 1. The summed E-state index contributed by atoms with van der Waals surface area (Å²) in [5, 5.41) is 13.1. The molecule has 0 radical (unpaired) electrons. The molecule has 1 aromatic carbocycles. The Morgan fingerprint density at radius 2 is 1.97 bits per heavy atom. The number of nitrogen functional groups attached to an aromatic ring is 1. The number of pyridine rings is 1. The molecule has 0 saturated carbocycles. The van der Waals surface area contributed by atoms with Crippen LogP contribution >= 0.6 is 0 Å². The number of carbonyl (C=O) groups excluding carboxylic acids is 2. The molecule has 2 rings (SSSR count). The molecular formula is C22H29N5O3. The number of aryl methyl sites for hydroxylation is 1. The molecule has 160 valence electrons. The third kappa shape index (κ3) is 7.90. The number of nitrogens with two attached hydrogens (primary N) is 1. The van der Waals surface area contributed by atoms with Crippen LogP contribution in [-0.2, 0) is 16.0 Å². The van der Waals surface area contributed by atoms with Crippen LogP contribution in [0.3, 0.4) is 0 Å². The molecule has 0 fully saturated rings. The molecule has 5 N–H and O–H groups in total. The maximum atomic E-state index is 12.3. The number of urea groups is 1. The molecule has 8 nitrogen and oxygen atoms in total. The van der Waals surface area contributed by atoms with E-state index in [-0.39, 0.29) is 24.3 Å². The summed E-state index contributed by atoms with van der Waals surface area (Å²) in [4.78, 5) is 28.2. The van der Waals surface area contributed by atoms with E-state index >= 15 is 0 Å². The highest BCUT2D eigenvalue weighted by Gasteiger charge is 2.19. The van der Waals surface area contributed by atoms with E-state index in [1.54, 1.807) is 25.4 Å². The molecule has 0 aliphatic carbocycles. The van der Waals surface area contributed by atoms with Crippen molar-refractivity contribution >= 4 is 17.8 Å².